The number of pyridine rings is 3. The van der Waals surface area contributed by atoms with Crippen LogP contribution in [0.25, 0.3) is 22.2 Å². The van der Waals surface area contributed by atoms with Crippen molar-refractivity contribution in [1.82, 2.24) is 24.7 Å². The molecule has 0 saturated carbocycles. The summed E-state index contributed by atoms with van der Waals surface area (Å²) in [5.41, 5.74) is 2.04. The topological polar surface area (TPSA) is 85.7 Å². The SMILES string of the molecule is Cc1cc(-c2n[nH]cc2C)c2cccc(OCc3c(F)cnc(C)c3Cn3cccc(C(F)(F)F)c3=O)c2n1. The fourth-order valence-corrected chi connectivity index (χ4v) is 4.52. The molecule has 200 valence electrons. The summed E-state index contributed by atoms with van der Waals surface area (Å²) in [6.07, 6.45) is -0.768. The first-order chi connectivity index (χ1) is 18.5. The van der Waals surface area contributed by atoms with Crippen LogP contribution in [-0.2, 0) is 19.3 Å². The monoisotopic (exact) mass is 537 g/mol. The number of hydrogen-bond acceptors (Lipinski definition) is 5. The molecule has 0 bridgehead atoms. The Bertz CT molecular complexity index is 1760. The second-order valence-electron chi connectivity index (χ2n) is 9.17. The van der Waals surface area contributed by atoms with Crippen LogP contribution in [0.4, 0.5) is 17.6 Å². The predicted octanol–water partition coefficient (Wildman–Crippen LogP) is 5.89. The number of halogens is 4. The molecule has 0 fully saturated rings. The number of fused-ring (bicyclic) bond motifs is 1. The Morgan fingerprint density at radius 2 is 1.87 bits per heavy atom. The van der Waals surface area contributed by atoms with Gasteiger partial charge >= 0.3 is 6.18 Å². The Morgan fingerprint density at radius 1 is 1.08 bits per heavy atom. The second-order valence-corrected chi connectivity index (χ2v) is 9.17. The van der Waals surface area contributed by atoms with E-state index in [2.05, 4.69) is 20.2 Å². The highest BCUT2D eigenvalue weighted by molar-refractivity contribution is 5.97. The summed E-state index contributed by atoms with van der Waals surface area (Å²) in [5.74, 6) is -0.311. The van der Waals surface area contributed by atoms with E-state index in [-0.39, 0.29) is 24.3 Å². The Morgan fingerprint density at radius 3 is 2.59 bits per heavy atom. The average molecular weight is 538 g/mol. The van der Waals surface area contributed by atoms with E-state index in [1.165, 1.54) is 6.20 Å². The van der Waals surface area contributed by atoms with Crippen molar-refractivity contribution in [2.45, 2.75) is 40.1 Å². The molecular formula is C28H23F4N5O2. The van der Waals surface area contributed by atoms with Gasteiger partial charge < -0.3 is 9.30 Å². The molecule has 4 heterocycles. The van der Waals surface area contributed by atoms with E-state index in [0.717, 1.165) is 44.7 Å². The molecule has 1 N–H and O–H groups in total. The van der Waals surface area contributed by atoms with Crippen LogP contribution in [0.2, 0.25) is 0 Å². The molecule has 0 aliphatic carbocycles. The smallest absolute Gasteiger partial charge is 0.421 e. The third kappa shape index (κ3) is 4.99. The summed E-state index contributed by atoms with van der Waals surface area (Å²) in [6, 6.07) is 9.15. The van der Waals surface area contributed by atoms with Crippen molar-refractivity contribution in [2.24, 2.45) is 0 Å². The van der Waals surface area contributed by atoms with Gasteiger partial charge in [-0.1, -0.05) is 12.1 Å². The largest absolute Gasteiger partial charge is 0.486 e. The second kappa shape index (κ2) is 9.97. The number of para-hydroxylation sites is 1. The molecule has 0 atom stereocenters. The zero-order valence-electron chi connectivity index (χ0n) is 21.2. The predicted molar refractivity (Wildman–Crippen MR) is 137 cm³/mol. The normalized spacial score (nSPS) is 11.8. The summed E-state index contributed by atoms with van der Waals surface area (Å²) < 4.78 is 61.8. The third-order valence-electron chi connectivity index (χ3n) is 6.50. The molecule has 1 aromatic carbocycles. The minimum absolute atomic E-state index is 0.0832. The van der Waals surface area contributed by atoms with Crippen LogP contribution < -0.4 is 10.3 Å². The first-order valence-corrected chi connectivity index (χ1v) is 12.0. The lowest BCUT2D eigenvalue weighted by molar-refractivity contribution is -0.138. The molecule has 11 heteroatoms. The molecule has 0 saturated heterocycles. The Kier molecular flexibility index (Phi) is 6.67. The zero-order valence-corrected chi connectivity index (χ0v) is 21.2. The van der Waals surface area contributed by atoms with Crippen LogP contribution in [0.1, 0.15) is 33.6 Å². The van der Waals surface area contributed by atoms with Crippen LogP contribution >= 0.6 is 0 Å². The molecule has 0 unspecified atom stereocenters. The zero-order chi connectivity index (χ0) is 27.9. The number of aromatic nitrogens is 5. The number of hydrogen-bond donors (Lipinski definition) is 1. The Hall–Kier alpha value is -4.54. The van der Waals surface area contributed by atoms with Crippen LogP contribution in [0, 0.1) is 26.6 Å². The van der Waals surface area contributed by atoms with E-state index in [1.807, 2.05) is 26.0 Å². The fourth-order valence-electron chi connectivity index (χ4n) is 4.52. The van der Waals surface area contributed by atoms with Crippen LogP contribution in [-0.4, -0.2) is 24.7 Å². The van der Waals surface area contributed by atoms with E-state index in [4.69, 9.17) is 4.74 Å². The highest BCUT2D eigenvalue weighted by Crippen LogP contribution is 2.34. The lowest BCUT2D eigenvalue weighted by atomic mass is 10.0. The molecule has 5 rings (SSSR count). The highest BCUT2D eigenvalue weighted by atomic mass is 19.4. The number of benzene rings is 1. The van der Waals surface area contributed by atoms with Gasteiger partial charge in [0.25, 0.3) is 5.56 Å². The van der Waals surface area contributed by atoms with Gasteiger partial charge in [-0.05, 0) is 50.6 Å². The van der Waals surface area contributed by atoms with Crippen molar-refractivity contribution in [2.75, 3.05) is 0 Å². The lowest BCUT2D eigenvalue weighted by Gasteiger charge is -2.17. The van der Waals surface area contributed by atoms with Gasteiger partial charge in [-0.2, -0.15) is 18.3 Å². The van der Waals surface area contributed by atoms with Crippen molar-refractivity contribution in [3.05, 3.63) is 105 Å². The molecule has 0 aliphatic heterocycles. The standard InChI is InChI=1S/C28H23F4N5O2/c1-15-11-34-36-25(15)19-10-16(2)35-26-18(19)6-4-8-24(26)39-14-21-20(17(3)33-12-23(21)29)13-37-9-5-7-22(27(37)38)28(30,31)32/h4-12H,13-14H2,1-3H3,(H,34,36). The number of aromatic amines is 1. The number of nitrogens with one attached hydrogen (secondary N) is 1. The molecule has 0 aliphatic rings. The lowest BCUT2D eigenvalue weighted by Crippen LogP contribution is -2.29. The first-order valence-electron chi connectivity index (χ1n) is 12.0. The van der Waals surface area contributed by atoms with E-state index in [1.54, 1.807) is 25.3 Å². The Labute approximate surface area is 220 Å². The summed E-state index contributed by atoms with van der Waals surface area (Å²) in [7, 11) is 0. The van der Waals surface area contributed by atoms with Gasteiger partial charge in [0.2, 0.25) is 0 Å². The molecule has 4 aromatic heterocycles. The van der Waals surface area contributed by atoms with Crippen molar-refractivity contribution in [3.63, 3.8) is 0 Å². The van der Waals surface area contributed by atoms with Crippen LogP contribution in [0.15, 0.2) is 59.8 Å². The van der Waals surface area contributed by atoms with Gasteiger partial charge in [-0.15, -0.1) is 0 Å². The number of aryl methyl sites for hydroxylation is 3. The van der Waals surface area contributed by atoms with E-state index < -0.39 is 23.1 Å². The molecular weight excluding hydrogens is 514 g/mol. The summed E-state index contributed by atoms with van der Waals surface area (Å²) in [4.78, 5) is 21.2. The molecule has 0 radical (unpaired) electrons. The maximum atomic E-state index is 15.0. The first kappa shape index (κ1) is 26.1. The van der Waals surface area contributed by atoms with Crippen LogP contribution in [0.5, 0.6) is 5.75 Å². The molecule has 7 nitrogen and oxygen atoms in total. The average Bonchev–Trinajstić information content (AvgIpc) is 3.31. The quantitative estimate of drug-likeness (QED) is 0.273. The van der Waals surface area contributed by atoms with E-state index in [9.17, 15) is 18.0 Å². The van der Waals surface area contributed by atoms with Crippen molar-refractivity contribution in [3.8, 4) is 17.0 Å². The minimum Gasteiger partial charge on any atom is -0.486 e. The summed E-state index contributed by atoms with van der Waals surface area (Å²) in [5, 5.41) is 8.00. The van der Waals surface area contributed by atoms with E-state index in [0.29, 0.717) is 23.0 Å². The molecule has 0 spiro atoms. The van der Waals surface area contributed by atoms with Gasteiger partial charge in [0.05, 0.1) is 18.4 Å². The highest BCUT2D eigenvalue weighted by Gasteiger charge is 2.34. The van der Waals surface area contributed by atoms with Gasteiger partial charge in [-0.25, -0.2) is 9.37 Å². The van der Waals surface area contributed by atoms with Gasteiger partial charge in [0.1, 0.15) is 29.3 Å². The molecule has 39 heavy (non-hydrogen) atoms. The fraction of sp³-hybridized carbons (Fsp3) is 0.214. The number of nitrogens with zero attached hydrogens (tertiary/aromatic N) is 4. The van der Waals surface area contributed by atoms with Crippen molar-refractivity contribution < 1.29 is 22.3 Å². The van der Waals surface area contributed by atoms with Crippen molar-refractivity contribution >= 4 is 10.9 Å². The summed E-state index contributed by atoms with van der Waals surface area (Å²) >= 11 is 0. The number of alkyl halides is 3. The maximum absolute atomic E-state index is 15.0. The van der Waals surface area contributed by atoms with E-state index >= 15 is 4.39 Å². The van der Waals surface area contributed by atoms with Gasteiger partial charge in [0.15, 0.2) is 0 Å². The van der Waals surface area contributed by atoms with Crippen LogP contribution in [0.3, 0.4) is 0 Å². The maximum Gasteiger partial charge on any atom is 0.421 e. The summed E-state index contributed by atoms with van der Waals surface area (Å²) in [6.45, 7) is 4.81. The van der Waals surface area contributed by atoms with Crippen molar-refractivity contribution in [1.29, 1.82) is 0 Å². The third-order valence-corrected chi connectivity index (χ3v) is 6.50. The van der Waals surface area contributed by atoms with Gasteiger partial charge in [0, 0.05) is 45.9 Å². The molecule has 5 aromatic rings. The van der Waals surface area contributed by atoms with Gasteiger partial charge in [-0.3, -0.25) is 14.9 Å². The number of rotatable bonds is 6. The Balaban J connectivity index is 1.53. The molecule has 0 amide bonds. The number of ether oxygens (including phenoxy) is 1. The number of H-pyrrole nitrogens is 1. The minimum atomic E-state index is -4.81.